The van der Waals surface area contributed by atoms with Crippen LogP contribution in [0.4, 0.5) is 10.1 Å². The third-order valence-corrected chi connectivity index (χ3v) is 4.84. The lowest BCUT2D eigenvalue weighted by molar-refractivity contribution is -0.121. The fourth-order valence-corrected chi connectivity index (χ4v) is 3.37. The van der Waals surface area contributed by atoms with Gasteiger partial charge in [-0.1, -0.05) is 6.92 Å². The molecule has 0 aromatic heterocycles. The molecule has 0 heterocycles. The summed E-state index contributed by atoms with van der Waals surface area (Å²) in [5.41, 5.74) is 5.38. The quantitative estimate of drug-likeness (QED) is 0.761. The molecule has 0 atom stereocenters. The van der Waals surface area contributed by atoms with Crippen LogP contribution in [0.2, 0.25) is 0 Å². The molecule has 118 valence electrons. The lowest BCUT2D eigenvalue weighted by atomic mass is 10.2. The Morgan fingerprint density at radius 2 is 2.00 bits per heavy atom. The van der Waals surface area contributed by atoms with Crippen molar-refractivity contribution in [1.82, 2.24) is 9.62 Å². The van der Waals surface area contributed by atoms with E-state index in [1.807, 2.05) is 0 Å². The number of nitrogens with two attached hydrogens (primary N) is 1. The highest BCUT2D eigenvalue weighted by Gasteiger charge is 2.26. The highest BCUT2D eigenvalue weighted by atomic mass is 32.2. The summed E-state index contributed by atoms with van der Waals surface area (Å²) >= 11 is 0. The van der Waals surface area contributed by atoms with Crippen molar-refractivity contribution in [2.45, 2.75) is 25.7 Å². The third kappa shape index (κ3) is 3.92. The Balaban J connectivity index is 3.16. The summed E-state index contributed by atoms with van der Waals surface area (Å²) in [6.45, 7) is 5.05. The number of nitrogens with one attached hydrogen (secondary N) is 1. The number of nitrogen functional groups attached to an aromatic ring is 1. The molecule has 0 aliphatic carbocycles. The Morgan fingerprint density at radius 3 is 2.48 bits per heavy atom. The number of nitrogens with zero attached hydrogens (tertiary/aromatic N) is 1. The van der Waals surface area contributed by atoms with E-state index in [0.717, 1.165) is 10.4 Å². The molecule has 0 spiro atoms. The van der Waals surface area contributed by atoms with E-state index in [4.69, 9.17) is 5.73 Å². The van der Waals surface area contributed by atoms with Crippen molar-refractivity contribution in [2.75, 3.05) is 25.4 Å². The van der Waals surface area contributed by atoms with E-state index in [-0.39, 0.29) is 29.2 Å². The second-order valence-corrected chi connectivity index (χ2v) is 6.47. The SMILES string of the molecule is CCNC(=O)CN(CC)S(=O)(=O)c1cc(C)c(F)c(N)c1. The predicted octanol–water partition coefficient (Wildman–Crippen LogP) is 0.863. The van der Waals surface area contributed by atoms with Crippen LogP contribution in [-0.2, 0) is 14.8 Å². The monoisotopic (exact) mass is 317 g/mol. The molecule has 6 nitrogen and oxygen atoms in total. The van der Waals surface area contributed by atoms with E-state index in [0.29, 0.717) is 6.54 Å². The maximum atomic E-state index is 13.5. The summed E-state index contributed by atoms with van der Waals surface area (Å²) in [6.07, 6.45) is 0. The average Bonchev–Trinajstić information content (AvgIpc) is 2.41. The fraction of sp³-hybridized carbons (Fsp3) is 0.462. The van der Waals surface area contributed by atoms with Gasteiger partial charge in [0.25, 0.3) is 0 Å². The van der Waals surface area contributed by atoms with Crippen molar-refractivity contribution in [2.24, 2.45) is 0 Å². The average molecular weight is 317 g/mol. The van der Waals surface area contributed by atoms with Crippen LogP contribution in [0.15, 0.2) is 17.0 Å². The zero-order chi connectivity index (χ0) is 16.2. The molecular weight excluding hydrogens is 297 g/mol. The molecule has 1 aromatic carbocycles. The van der Waals surface area contributed by atoms with Crippen LogP contribution in [0.25, 0.3) is 0 Å². The van der Waals surface area contributed by atoms with Gasteiger partial charge in [-0.05, 0) is 31.5 Å². The third-order valence-electron chi connectivity index (χ3n) is 2.94. The molecular formula is C13H20FN3O3S. The summed E-state index contributed by atoms with van der Waals surface area (Å²) < 4.78 is 39.5. The molecule has 0 saturated heterocycles. The predicted molar refractivity (Wildman–Crippen MR) is 78.7 cm³/mol. The molecule has 21 heavy (non-hydrogen) atoms. The van der Waals surface area contributed by atoms with E-state index in [2.05, 4.69) is 5.32 Å². The summed E-state index contributed by atoms with van der Waals surface area (Å²) in [7, 11) is -3.90. The van der Waals surface area contributed by atoms with Crippen LogP contribution in [0, 0.1) is 12.7 Å². The second-order valence-electron chi connectivity index (χ2n) is 4.53. The van der Waals surface area contributed by atoms with E-state index in [1.54, 1.807) is 13.8 Å². The number of hydrogen-bond donors (Lipinski definition) is 2. The van der Waals surface area contributed by atoms with Crippen molar-refractivity contribution in [1.29, 1.82) is 0 Å². The number of likely N-dealkylation sites (N-methyl/N-ethyl adjacent to an activating group) is 2. The molecule has 0 fully saturated rings. The minimum absolute atomic E-state index is 0.120. The van der Waals surface area contributed by atoms with Gasteiger partial charge in [-0.2, -0.15) is 4.31 Å². The van der Waals surface area contributed by atoms with Crippen LogP contribution in [-0.4, -0.2) is 38.3 Å². The molecule has 0 aliphatic rings. The zero-order valence-corrected chi connectivity index (χ0v) is 13.1. The van der Waals surface area contributed by atoms with Crippen LogP contribution in [0.5, 0.6) is 0 Å². The van der Waals surface area contributed by atoms with Gasteiger partial charge in [0.05, 0.1) is 17.1 Å². The van der Waals surface area contributed by atoms with Gasteiger partial charge in [-0.3, -0.25) is 4.79 Å². The number of hydrogen-bond acceptors (Lipinski definition) is 4. The number of sulfonamides is 1. The maximum absolute atomic E-state index is 13.5. The van der Waals surface area contributed by atoms with Crippen molar-refractivity contribution >= 4 is 21.6 Å². The Morgan fingerprint density at radius 1 is 1.38 bits per heavy atom. The first-order valence-electron chi connectivity index (χ1n) is 6.56. The molecule has 3 N–H and O–H groups in total. The van der Waals surface area contributed by atoms with Crippen molar-refractivity contribution < 1.29 is 17.6 Å². The highest BCUT2D eigenvalue weighted by molar-refractivity contribution is 7.89. The van der Waals surface area contributed by atoms with Gasteiger partial charge in [-0.15, -0.1) is 0 Å². The van der Waals surface area contributed by atoms with Gasteiger partial charge in [0, 0.05) is 13.1 Å². The lowest BCUT2D eigenvalue weighted by Crippen LogP contribution is -2.40. The van der Waals surface area contributed by atoms with Gasteiger partial charge >= 0.3 is 0 Å². The maximum Gasteiger partial charge on any atom is 0.243 e. The Bertz CT molecular complexity index is 609. The Hall–Kier alpha value is -1.67. The van der Waals surface area contributed by atoms with Crippen LogP contribution in [0.1, 0.15) is 19.4 Å². The van der Waals surface area contributed by atoms with Gasteiger partial charge in [-0.25, -0.2) is 12.8 Å². The van der Waals surface area contributed by atoms with E-state index in [1.165, 1.54) is 13.0 Å². The van der Waals surface area contributed by atoms with Gasteiger partial charge in [0.1, 0.15) is 5.82 Å². The van der Waals surface area contributed by atoms with Crippen LogP contribution in [0.3, 0.4) is 0 Å². The molecule has 1 rings (SSSR count). The summed E-state index contributed by atoms with van der Waals surface area (Å²) in [5, 5.41) is 2.54. The zero-order valence-electron chi connectivity index (χ0n) is 12.3. The lowest BCUT2D eigenvalue weighted by Gasteiger charge is -2.20. The first-order chi connectivity index (χ1) is 9.73. The van der Waals surface area contributed by atoms with E-state index in [9.17, 15) is 17.6 Å². The number of halogens is 1. The number of benzene rings is 1. The Kier molecular flexibility index (Phi) is 5.68. The number of amides is 1. The standard InChI is InChI=1S/C13H20FN3O3S/c1-4-16-12(18)8-17(5-2)21(19,20)10-6-9(3)13(14)11(15)7-10/h6-7H,4-5,8,15H2,1-3H3,(H,16,18). The topological polar surface area (TPSA) is 92.5 Å². The molecule has 0 saturated carbocycles. The number of aryl methyl sites for hydroxylation is 1. The van der Waals surface area contributed by atoms with Gasteiger partial charge in [0.2, 0.25) is 15.9 Å². The largest absolute Gasteiger partial charge is 0.396 e. The number of carbonyl (C=O) groups is 1. The minimum Gasteiger partial charge on any atom is -0.396 e. The van der Waals surface area contributed by atoms with Gasteiger partial charge < -0.3 is 11.1 Å². The fourth-order valence-electron chi connectivity index (χ4n) is 1.84. The highest BCUT2D eigenvalue weighted by Crippen LogP contribution is 2.23. The number of anilines is 1. The van der Waals surface area contributed by atoms with Gasteiger partial charge in [0.15, 0.2) is 0 Å². The molecule has 8 heteroatoms. The Labute approximate surface area is 124 Å². The number of carbonyl (C=O) groups excluding carboxylic acids is 1. The summed E-state index contributed by atoms with van der Waals surface area (Å²) in [6, 6.07) is 2.28. The first-order valence-corrected chi connectivity index (χ1v) is 8.00. The molecule has 0 radical (unpaired) electrons. The van der Waals surface area contributed by atoms with Crippen molar-refractivity contribution in [3.8, 4) is 0 Å². The van der Waals surface area contributed by atoms with Crippen molar-refractivity contribution in [3.05, 3.63) is 23.5 Å². The summed E-state index contributed by atoms with van der Waals surface area (Å²) in [4.78, 5) is 11.5. The molecule has 1 aromatic rings. The summed E-state index contributed by atoms with van der Waals surface area (Å²) in [5.74, 6) is -1.03. The normalized spacial score (nSPS) is 11.7. The molecule has 1 amide bonds. The van der Waals surface area contributed by atoms with E-state index < -0.39 is 21.7 Å². The van der Waals surface area contributed by atoms with Crippen molar-refractivity contribution in [3.63, 3.8) is 0 Å². The minimum atomic E-state index is -3.90. The van der Waals surface area contributed by atoms with Crippen LogP contribution < -0.4 is 11.1 Å². The molecule has 0 aliphatic heterocycles. The molecule has 0 unspecified atom stereocenters. The molecule has 0 bridgehead atoms. The smallest absolute Gasteiger partial charge is 0.243 e. The first kappa shape index (κ1) is 17.4. The second kappa shape index (κ2) is 6.86. The number of rotatable bonds is 6. The van der Waals surface area contributed by atoms with E-state index >= 15 is 0 Å². The van der Waals surface area contributed by atoms with Crippen LogP contribution >= 0.6 is 0 Å².